The van der Waals surface area contributed by atoms with Crippen LogP contribution >= 0.6 is 0 Å². The van der Waals surface area contributed by atoms with Crippen LogP contribution < -0.4 is 19.9 Å². The van der Waals surface area contributed by atoms with Crippen LogP contribution in [0.3, 0.4) is 0 Å². The van der Waals surface area contributed by atoms with Gasteiger partial charge < -0.3 is 19.9 Å². The highest BCUT2D eigenvalue weighted by Gasteiger charge is 2.09. The van der Waals surface area contributed by atoms with Gasteiger partial charge in [-0.25, -0.2) is 0 Å². The van der Waals surface area contributed by atoms with E-state index >= 15 is 0 Å². The van der Waals surface area contributed by atoms with Gasteiger partial charge in [-0.05, 0) is 36.4 Å². The van der Waals surface area contributed by atoms with E-state index in [4.69, 9.17) is 19.8 Å². The van der Waals surface area contributed by atoms with Crippen molar-refractivity contribution in [3.8, 4) is 23.6 Å². The molecule has 1 radical (unpaired) electrons. The summed E-state index contributed by atoms with van der Waals surface area (Å²) in [5.74, 6) is 0.176. The number of nitrogens with one attached hydrogen (secondary N) is 2. The van der Waals surface area contributed by atoms with Gasteiger partial charge in [0.1, 0.15) is 11.5 Å². The van der Waals surface area contributed by atoms with E-state index in [1.54, 1.807) is 48.5 Å². The van der Waals surface area contributed by atoms with Crippen LogP contribution in [0.1, 0.15) is 33.6 Å². The molecule has 0 aliphatic rings. The molecule has 145 valence electrons. The van der Waals surface area contributed by atoms with E-state index in [2.05, 4.69) is 10.6 Å². The Morgan fingerprint density at radius 3 is 1.69 bits per heavy atom. The fourth-order valence-corrected chi connectivity index (χ4v) is 2.22. The standard InChI is InChI=1S/C20H18BN4O4/c22-9-3-11-24-19(26)15-5-1-7-17(13-15)28-21-29-18-8-2-6-16(14-18)20(27)25-12-4-10-23/h1-2,5-8,13-14H,3-4,11-12H2,(H,24,26)(H,25,27). The van der Waals surface area contributed by atoms with Crippen molar-refractivity contribution in [2.45, 2.75) is 12.8 Å². The first-order chi connectivity index (χ1) is 14.1. The molecule has 2 aromatic carbocycles. The maximum Gasteiger partial charge on any atom is 0.658 e. The van der Waals surface area contributed by atoms with Gasteiger partial charge in [0.05, 0.1) is 25.0 Å². The first-order valence-corrected chi connectivity index (χ1v) is 8.79. The number of hydrogen-bond donors (Lipinski definition) is 2. The van der Waals surface area contributed by atoms with Crippen molar-refractivity contribution in [1.82, 2.24) is 10.6 Å². The minimum absolute atomic E-state index is 0.235. The molecular formula is C20H18BN4O4. The van der Waals surface area contributed by atoms with E-state index in [1.165, 1.54) is 0 Å². The van der Waals surface area contributed by atoms with Gasteiger partial charge in [-0.1, -0.05) is 12.1 Å². The van der Waals surface area contributed by atoms with Gasteiger partial charge in [-0.3, -0.25) is 9.59 Å². The third-order valence-electron chi connectivity index (χ3n) is 3.61. The second-order valence-corrected chi connectivity index (χ2v) is 5.72. The van der Waals surface area contributed by atoms with Gasteiger partial charge in [0.2, 0.25) is 0 Å². The lowest BCUT2D eigenvalue weighted by molar-refractivity contribution is 0.0946. The molecule has 0 saturated carbocycles. The van der Waals surface area contributed by atoms with Crippen LogP contribution in [-0.2, 0) is 0 Å². The molecule has 0 aromatic heterocycles. The molecule has 0 unspecified atom stereocenters. The molecule has 2 amide bonds. The van der Waals surface area contributed by atoms with Crippen LogP contribution in [-0.4, -0.2) is 32.6 Å². The van der Waals surface area contributed by atoms with Crippen molar-refractivity contribution >= 4 is 19.5 Å². The fraction of sp³-hybridized carbons (Fsp3) is 0.200. The molecule has 29 heavy (non-hydrogen) atoms. The second kappa shape index (κ2) is 11.7. The van der Waals surface area contributed by atoms with Crippen molar-refractivity contribution in [1.29, 1.82) is 10.5 Å². The fourth-order valence-electron chi connectivity index (χ4n) is 2.22. The zero-order valence-electron chi connectivity index (χ0n) is 15.6. The molecule has 0 heterocycles. The Labute approximate surface area is 169 Å². The Bertz CT molecular complexity index is 861. The third kappa shape index (κ3) is 7.27. The van der Waals surface area contributed by atoms with Crippen LogP contribution in [0.2, 0.25) is 0 Å². The minimum Gasteiger partial charge on any atom is -0.526 e. The quantitative estimate of drug-likeness (QED) is 0.473. The molecule has 0 bridgehead atoms. The van der Waals surface area contributed by atoms with Gasteiger partial charge in [0.25, 0.3) is 11.8 Å². The number of nitrogens with zero attached hydrogens (tertiary/aromatic N) is 2. The summed E-state index contributed by atoms with van der Waals surface area (Å²) < 4.78 is 10.8. The SMILES string of the molecule is N#CCCNC(=O)c1cccc(O[B]Oc2cccc(C(=O)NCCC#N)c2)c1. The van der Waals surface area contributed by atoms with E-state index in [0.717, 1.165) is 7.69 Å². The summed E-state index contributed by atoms with van der Waals surface area (Å²) in [6, 6.07) is 16.9. The predicted octanol–water partition coefficient (Wildman–Crippen LogP) is 1.97. The van der Waals surface area contributed by atoms with Crippen molar-refractivity contribution < 1.29 is 18.9 Å². The molecule has 2 N–H and O–H groups in total. The first kappa shape index (κ1) is 21.3. The van der Waals surface area contributed by atoms with Crippen molar-refractivity contribution in [2.75, 3.05) is 13.1 Å². The zero-order valence-corrected chi connectivity index (χ0v) is 15.6. The molecule has 8 nitrogen and oxygen atoms in total. The number of carbonyl (C=O) groups is 2. The molecule has 0 atom stereocenters. The lowest BCUT2D eigenvalue weighted by atomic mass is 10.2. The molecule has 2 aromatic rings. The Hall–Kier alpha value is -3.98. The van der Waals surface area contributed by atoms with Gasteiger partial charge >= 0.3 is 7.69 Å². The second-order valence-electron chi connectivity index (χ2n) is 5.72. The largest absolute Gasteiger partial charge is 0.658 e. The number of hydrogen-bond acceptors (Lipinski definition) is 6. The van der Waals surface area contributed by atoms with Crippen molar-refractivity contribution in [2.24, 2.45) is 0 Å². The van der Waals surface area contributed by atoms with Crippen LogP contribution in [0, 0.1) is 22.7 Å². The van der Waals surface area contributed by atoms with Gasteiger partial charge in [-0.2, -0.15) is 10.5 Å². The monoisotopic (exact) mass is 389 g/mol. The molecule has 0 fully saturated rings. The number of benzene rings is 2. The molecule has 9 heteroatoms. The van der Waals surface area contributed by atoms with Crippen molar-refractivity contribution in [3.63, 3.8) is 0 Å². The zero-order chi connectivity index (χ0) is 20.9. The highest BCUT2D eigenvalue weighted by molar-refractivity contribution is 6.20. The van der Waals surface area contributed by atoms with E-state index in [0.29, 0.717) is 22.6 Å². The van der Waals surface area contributed by atoms with Gasteiger partial charge in [0.15, 0.2) is 0 Å². The maximum atomic E-state index is 12.0. The topological polar surface area (TPSA) is 124 Å². The van der Waals surface area contributed by atoms with E-state index in [1.807, 2.05) is 12.1 Å². The van der Waals surface area contributed by atoms with Crippen LogP contribution in [0.5, 0.6) is 11.5 Å². The number of carbonyl (C=O) groups excluding carboxylic acids is 2. The summed E-state index contributed by atoms with van der Waals surface area (Å²) in [7, 11) is 1.10. The molecule has 2 rings (SSSR count). The summed E-state index contributed by atoms with van der Waals surface area (Å²) in [6.07, 6.45) is 0.470. The number of rotatable bonds is 10. The lowest BCUT2D eigenvalue weighted by Crippen LogP contribution is -2.24. The highest BCUT2D eigenvalue weighted by atomic mass is 16.6. The first-order valence-electron chi connectivity index (χ1n) is 8.79. The number of amides is 2. The van der Waals surface area contributed by atoms with Crippen LogP contribution in [0.25, 0.3) is 0 Å². The van der Waals surface area contributed by atoms with E-state index < -0.39 is 0 Å². The predicted molar refractivity (Wildman–Crippen MR) is 105 cm³/mol. The van der Waals surface area contributed by atoms with E-state index in [-0.39, 0.29) is 37.7 Å². The van der Waals surface area contributed by atoms with Gasteiger partial charge in [0, 0.05) is 24.2 Å². The van der Waals surface area contributed by atoms with Crippen LogP contribution in [0.15, 0.2) is 48.5 Å². The minimum atomic E-state index is -0.304. The third-order valence-corrected chi connectivity index (χ3v) is 3.61. The summed E-state index contributed by atoms with van der Waals surface area (Å²) in [4.78, 5) is 24.0. The number of nitriles is 2. The molecule has 0 spiro atoms. The Morgan fingerprint density at radius 2 is 1.28 bits per heavy atom. The lowest BCUT2D eigenvalue weighted by Gasteiger charge is -2.09. The average molecular weight is 389 g/mol. The normalized spacial score (nSPS) is 9.45. The van der Waals surface area contributed by atoms with Crippen molar-refractivity contribution in [3.05, 3.63) is 59.7 Å². The van der Waals surface area contributed by atoms with E-state index in [9.17, 15) is 9.59 Å². The van der Waals surface area contributed by atoms with Gasteiger partial charge in [-0.15, -0.1) is 0 Å². The average Bonchev–Trinajstić information content (AvgIpc) is 2.74. The molecule has 0 aliphatic carbocycles. The highest BCUT2D eigenvalue weighted by Crippen LogP contribution is 2.15. The Kier molecular flexibility index (Phi) is 8.59. The Morgan fingerprint density at radius 1 is 0.828 bits per heavy atom. The molecule has 0 saturated heterocycles. The summed E-state index contributed by atoms with van der Waals surface area (Å²) >= 11 is 0. The Balaban J connectivity index is 1.87. The van der Waals surface area contributed by atoms with Crippen LogP contribution in [0.4, 0.5) is 0 Å². The smallest absolute Gasteiger partial charge is 0.526 e. The molecular weight excluding hydrogens is 371 g/mol. The molecule has 0 aliphatic heterocycles. The maximum absolute atomic E-state index is 12.0. The summed E-state index contributed by atoms with van der Waals surface area (Å²) in [6.45, 7) is 0.548. The summed E-state index contributed by atoms with van der Waals surface area (Å²) in [5, 5.41) is 22.3. The summed E-state index contributed by atoms with van der Waals surface area (Å²) in [5.41, 5.74) is 0.787.